The van der Waals surface area contributed by atoms with Crippen molar-refractivity contribution in [3.63, 3.8) is 0 Å². The molecular weight excluding hydrogens is 102 g/mol. The molecule has 0 heterocycles. The molecule has 38 valence electrons. The molecule has 6 heavy (non-hydrogen) atoms. The lowest BCUT2D eigenvalue weighted by Crippen LogP contribution is -1.82. The average Bonchev–Trinajstić information content (AvgIpc) is 1.39. The highest BCUT2D eigenvalue weighted by atomic mass is 19.6. The fourth-order valence-corrected chi connectivity index (χ4v) is 0. The van der Waals surface area contributed by atoms with E-state index in [0.29, 0.717) is 0 Å². The summed E-state index contributed by atoms with van der Waals surface area (Å²) in [5.41, 5.74) is 0. The SMILES string of the molecule is FOF.O=[O+][O-]. The number of hydrogen-bond donors (Lipinski definition) is 0. The van der Waals surface area contributed by atoms with Crippen LogP contribution in [0.25, 0.3) is 0 Å². The maximum absolute atomic E-state index is 9.12. The Labute approximate surface area is 30.6 Å². The fourth-order valence-electron chi connectivity index (χ4n) is 0. The first-order valence-electron chi connectivity index (χ1n) is 0.642. The van der Waals surface area contributed by atoms with Crippen LogP contribution in [0.4, 0.5) is 9.05 Å². The molecule has 0 aromatic heterocycles. The van der Waals surface area contributed by atoms with Gasteiger partial charge in [-0.3, -0.25) is 0 Å². The molecule has 0 bridgehead atoms. The Hall–Kier alpha value is -0.780. The lowest BCUT2D eigenvalue weighted by molar-refractivity contribution is -0.317. The van der Waals surface area contributed by atoms with E-state index in [1.54, 1.807) is 4.75 Å². The Bertz CT molecular complexity index is 19.5. The Morgan fingerprint density at radius 3 is 1.67 bits per heavy atom. The molecule has 0 rings (SSSR count). The van der Waals surface area contributed by atoms with Crippen LogP contribution in [0.2, 0.25) is 0 Å². The summed E-state index contributed by atoms with van der Waals surface area (Å²) in [4.78, 5) is 7.88. The van der Waals surface area contributed by atoms with Crippen LogP contribution in [0.3, 0.4) is 0 Å². The Morgan fingerprint density at radius 1 is 1.67 bits per heavy atom. The second-order valence-corrected chi connectivity index (χ2v) is 0.126. The second-order valence-electron chi connectivity index (χ2n) is 0.126. The number of rotatable bonds is 0. The van der Waals surface area contributed by atoms with Gasteiger partial charge in [0.1, 0.15) is 0 Å². The highest BCUT2D eigenvalue weighted by molar-refractivity contribution is 4.20. The van der Waals surface area contributed by atoms with Gasteiger partial charge in [-0.15, -0.1) is 0 Å². The zero-order chi connectivity index (χ0) is 5.41. The summed E-state index contributed by atoms with van der Waals surface area (Å²) in [6, 6.07) is 0. The monoisotopic (exact) mass is 102 g/mol. The van der Waals surface area contributed by atoms with Gasteiger partial charge in [0.2, 0.25) is 0 Å². The smallest absolute Gasteiger partial charge is 0.0772 e. The molecule has 0 aliphatic heterocycles. The van der Waals surface area contributed by atoms with Gasteiger partial charge in [0, 0.05) is 5.15 Å². The first-order chi connectivity index (χ1) is 2.83. The molecule has 0 spiro atoms. The zero-order valence-corrected chi connectivity index (χ0v) is 2.39. The van der Waals surface area contributed by atoms with Gasteiger partial charge in [0.05, 0.1) is 0 Å². The summed E-state index contributed by atoms with van der Waals surface area (Å²) in [7, 11) is 0. The zero-order valence-electron chi connectivity index (χ0n) is 2.39. The van der Waals surface area contributed by atoms with Gasteiger partial charge < -0.3 is 0 Å². The Morgan fingerprint density at radius 2 is 1.67 bits per heavy atom. The molecule has 0 N–H and O–H groups in total. The third-order valence-corrected chi connectivity index (χ3v) is 0. The molecule has 4 nitrogen and oxygen atoms in total. The van der Waals surface area contributed by atoms with Crippen molar-refractivity contribution in [2.75, 3.05) is 0 Å². The lowest BCUT2D eigenvalue weighted by Gasteiger charge is -1.41. The maximum atomic E-state index is 9.12. The van der Waals surface area contributed by atoms with E-state index in [0.717, 1.165) is 0 Å². The van der Waals surface area contributed by atoms with Crippen molar-refractivity contribution in [1.82, 2.24) is 0 Å². The second kappa shape index (κ2) is 29.4. The molecule has 0 aliphatic rings. The van der Waals surface area contributed by atoms with E-state index in [-0.39, 0.29) is 0 Å². The summed E-state index contributed by atoms with van der Waals surface area (Å²) < 4.78 is 20.0. The minimum atomic E-state index is 1.25. The van der Waals surface area contributed by atoms with Crippen LogP contribution in [-0.4, -0.2) is 0 Å². The molecule has 0 aromatic rings. The standard InChI is InChI=1S/F2O.O3/c2*1-3-2. The van der Waals surface area contributed by atoms with Crippen molar-refractivity contribution in [1.29, 1.82) is 0 Å². The van der Waals surface area contributed by atoms with Crippen molar-refractivity contribution in [2.24, 2.45) is 0 Å². The van der Waals surface area contributed by atoms with Crippen molar-refractivity contribution >= 4 is 0 Å². The summed E-state index contributed by atoms with van der Waals surface area (Å²) in [6.45, 7) is 0. The first-order valence-corrected chi connectivity index (χ1v) is 0.642. The predicted octanol–water partition coefficient (Wildman–Crippen LogP) is -0.350. The molecule has 0 fully saturated rings. The van der Waals surface area contributed by atoms with Crippen molar-refractivity contribution in [2.45, 2.75) is 0 Å². The van der Waals surface area contributed by atoms with E-state index >= 15 is 0 Å². The average molecular weight is 102 g/mol. The van der Waals surface area contributed by atoms with Crippen molar-refractivity contribution < 1.29 is 19.5 Å². The molecule has 0 atom stereocenters. The van der Waals surface area contributed by atoms with Crippen LogP contribution < -0.4 is 5.26 Å². The van der Waals surface area contributed by atoms with Crippen LogP contribution in [0.15, 0.2) is 0 Å². The molecule has 0 saturated heterocycles. The summed E-state index contributed by atoms with van der Waals surface area (Å²) in [5.74, 6) is 0. The van der Waals surface area contributed by atoms with Crippen molar-refractivity contribution in [3.8, 4) is 0 Å². The van der Waals surface area contributed by atoms with Gasteiger partial charge in [-0.05, 0) is 9.05 Å². The largest absolute Gasteiger partial charge is 0.154 e. The van der Waals surface area contributed by atoms with Crippen LogP contribution in [0, 0.1) is 9.71 Å². The van der Waals surface area contributed by atoms with E-state index in [1.807, 2.05) is 0 Å². The highest BCUT2D eigenvalue weighted by Gasteiger charge is 1.42. The minimum absolute atomic E-state index is 1.25. The van der Waals surface area contributed by atoms with Gasteiger partial charge in [-0.2, -0.15) is 0 Å². The highest BCUT2D eigenvalue weighted by Crippen LogP contribution is 1.61. The third-order valence-electron chi connectivity index (χ3n) is 0. The van der Waals surface area contributed by atoms with Gasteiger partial charge in [-0.25, -0.2) is 0 Å². The van der Waals surface area contributed by atoms with Crippen LogP contribution in [-0.2, 0) is 5.15 Å². The van der Waals surface area contributed by atoms with Gasteiger partial charge >= 0.3 is 0 Å². The molecule has 0 aromatic carbocycles. The van der Waals surface area contributed by atoms with Crippen molar-refractivity contribution in [3.05, 3.63) is 9.71 Å². The number of hydrogen-bond acceptors (Lipinski definition) is 3. The maximum Gasteiger partial charge on any atom is 0.154 e. The van der Waals surface area contributed by atoms with Crippen LogP contribution in [0.1, 0.15) is 0 Å². The van der Waals surface area contributed by atoms with E-state index < -0.39 is 0 Å². The minimum Gasteiger partial charge on any atom is -0.0772 e. The molecule has 0 amide bonds. The Kier molecular flexibility index (Phi) is 43.9. The van der Waals surface area contributed by atoms with Gasteiger partial charge in [-0.1, -0.05) is 10.2 Å². The van der Waals surface area contributed by atoms with Crippen LogP contribution >= 0.6 is 0 Å². The van der Waals surface area contributed by atoms with E-state index in [9.17, 15) is 0 Å². The molecule has 0 aliphatic carbocycles. The molecule has 0 radical (unpaired) electrons. The topological polar surface area (TPSA) is 60.7 Å². The first kappa shape index (κ1) is 8.97. The molecule has 6 heteroatoms. The summed E-state index contributed by atoms with van der Waals surface area (Å²) in [6.07, 6.45) is 0. The number of halogens is 2. The lowest BCUT2D eigenvalue weighted by atomic mass is 14.8. The normalized spacial score (nSPS) is 5.00. The Balaban J connectivity index is 0. The van der Waals surface area contributed by atoms with Gasteiger partial charge in [0.15, 0.2) is 4.75 Å². The van der Waals surface area contributed by atoms with E-state index in [2.05, 4.69) is 0 Å². The summed E-state index contributed by atoms with van der Waals surface area (Å²) in [5, 5.41) is 9.12. The quantitative estimate of drug-likeness (QED) is 0.238. The van der Waals surface area contributed by atoms with E-state index in [1.165, 1.54) is 5.15 Å². The van der Waals surface area contributed by atoms with Crippen LogP contribution in [0.5, 0.6) is 0 Å². The molecule has 0 saturated carbocycles. The van der Waals surface area contributed by atoms with E-state index in [4.69, 9.17) is 19.3 Å². The molecular formula is F2O4. The van der Waals surface area contributed by atoms with Gasteiger partial charge in [0.25, 0.3) is 0 Å². The molecule has 0 unspecified atom stereocenters. The third kappa shape index (κ3) is 26.1. The summed E-state index contributed by atoms with van der Waals surface area (Å²) >= 11 is 0. The fraction of sp³-hybridized carbons (Fsp3) is 0. The predicted molar refractivity (Wildman–Crippen MR) is 10.0 cm³/mol.